The van der Waals surface area contributed by atoms with E-state index in [4.69, 9.17) is 24.2 Å². The van der Waals surface area contributed by atoms with Crippen LogP contribution in [-0.2, 0) is 14.4 Å². The van der Waals surface area contributed by atoms with E-state index in [9.17, 15) is 19.8 Å². The van der Waals surface area contributed by atoms with Crippen LogP contribution in [0.25, 0.3) is 0 Å². The summed E-state index contributed by atoms with van der Waals surface area (Å²) in [5.41, 5.74) is 3.30. The van der Waals surface area contributed by atoms with Crippen LogP contribution in [0.3, 0.4) is 0 Å². The van der Waals surface area contributed by atoms with Gasteiger partial charge in [-0.25, -0.2) is 0 Å². The topological polar surface area (TPSA) is 127 Å². The molecule has 0 saturated heterocycles. The van der Waals surface area contributed by atoms with E-state index in [0.29, 0.717) is 55.1 Å². The summed E-state index contributed by atoms with van der Waals surface area (Å²) < 4.78 is 20.7. The summed E-state index contributed by atoms with van der Waals surface area (Å²) in [6.07, 6.45) is 21.1. The maximum absolute atomic E-state index is 14.3. The highest BCUT2D eigenvalue weighted by molar-refractivity contribution is 6.03. The summed E-state index contributed by atoms with van der Waals surface area (Å²) in [6.45, 7) is 9.03. The number of hydrogen-bond acceptors (Lipinski definition) is 9. The minimum atomic E-state index is -1.28. The Balaban J connectivity index is 1.59. The molecule has 6 unspecified atom stereocenters. The summed E-state index contributed by atoms with van der Waals surface area (Å²) in [6, 6.07) is 12.4. The van der Waals surface area contributed by atoms with Gasteiger partial charge in [-0.15, -0.1) is 6.58 Å². The SMILES string of the molecule is C=CCOC12Oc3ccc(Oc4cccc(C=O)c4)cc3C3C(CCCCO)C(CCCCO)C=C(C(=NOCC)CC1N(C)C(=O)CCCCCCCCCCC)C32. The van der Waals surface area contributed by atoms with Crippen molar-refractivity contribution >= 4 is 17.9 Å². The number of aldehydes is 1. The molecule has 0 radical (unpaired) electrons. The molecule has 5 rings (SSSR count). The summed E-state index contributed by atoms with van der Waals surface area (Å²) in [4.78, 5) is 33.6. The van der Waals surface area contributed by atoms with E-state index >= 15 is 0 Å². The smallest absolute Gasteiger partial charge is 0.239 e. The third kappa shape index (κ3) is 11.6. The number of carbonyl (C=O) groups is 2. The van der Waals surface area contributed by atoms with Crippen molar-refractivity contribution in [1.29, 1.82) is 0 Å². The molecule has 1 saturated carbocycles. The van der Waals surface area contributed by atoms with Crippen LogP contribution in [0.15, 0.2) is 71.9 Å². The van der Waals surface area contributed by atoms with Crippen LogP contribution in [0.2, 0.25) is 0 Å². The average molecular weight is 815 g/mol. The Morgan fingerprint density at radius 1 is 0.932 bits per heavy atom. The van der Waals surface area contributed by atoms with E-state index < -0.39 is 11.8 Å². The molecule has 2 N–H and O–H groups in total. The van der Waals surface area contributed by atoms with Crippen molar-refractivity contribution in [3.8, 4) is 17.2 Å². The van der Waals surface area contributed by atoms with Gasteiger partial charge in [0, 0.05) is 50.1 Å². The van der Waals surface area contributed by atoms with E-state index in [1.807, 2.05) is 37.1 Å². The maximum atomic E-state index is 14.3. The van der Waals surface area contributed by atoms with Crippen LogP contribution in [0.5, 0.6) is 17.2 Å². The highest BCUT2D eigenvalue weighted by Gasteiger charge is 2.65. The third-order valence-electron chi connectivity index (χ3n) is 12.5. The Kier molecular flexibility index (Phi) is 18.5. The lowest BCUT2D eigenvalue weighted by molar-refractivity contribution is -0.255. The van der Waals surface area contributed by atoms with Crippen LogP contribution in [0, 0.1) is 17.8 Å². The predicted octanol–water partition coefficient (Wildman–Crippen LogP) is 10.3. The number of amides is 1. The van der Waals surface area contributed by atoms with Crippen molar-refractivity contribution in [2.75, 3.05) is 33.5 Å². The number of nitrogens with zero attached hydrogens (tertiary/aromatic N) is 2. The van der Waals surface area contributed by atoms with Gasteiger partial charge in [0.1, 0.15) is 36.2 Å². The van der Waals surface area contributed by atoms with Crippen molar-refractivity contribution in [2.24, 2.45) is 22.9 Å². The van der Waals surface area contributed by atoms with Crippen LogP contribution >= 0.6 is 0 Å². The molecule has 1 aliphatic heterocycles. The zero-order valence-corrected chi connectivity index (χ0v) is 36.0. The second-order valence-corrected chi connectivity index (χ2v) is 16.6. The van der Waals surface area contributed by atoms with Crippen LogP contribution < -0.4 is 9.47 Å². The molecule has 6 atom stereocenters. The Bertz CT molecular complexity index is 1710. The van der Waals surface area contributed by atoms with Crippen molar-refractivity contribution in [3.63, 3.8) is 0 Å². The fourth-order valence-corrected chi connectivity index (χ4v) is 9.66. The molecule has 2 aromatic carbocycles. The van der Waals surface area contributed by atoms with Gasteiger partial charge in [-0.1, -0.05) is 101 Å². The number of aliphatic hydroxyl groups is 2. The molecule has 324 valence electrons. The molecule has 2 aliphatic carbocycles. The van der Waals surface area contributed by atoms with Crippen molar-refractivity contribution in [3.05, 3.63) is 77.9 Å². The van der Waals surface area contributed by atoms with E-state index in [-0.39, 0.29) is 49.4 Å². The van der Waals surface area contributed by atoms with Gasteiger partial charge >= 0.3 is 0 Å². The molecule has 1 heterocycles. The number of allylic oxidation sites excluding steroid dienone is 1. The van der Waals surface area contributed by atoms with Gasteiger partial charge in [0.05, 0.1) is 18.2 Å². The monoisotopic (exact) mass is 815 g/mol. The zero-order chi connectivity index (χ0) is 42.0. The molecule has 1 fully saturated rings. The molecular formula is C49H70N2O8. The normalized spacial score (nSPS) is 23.7. The number of carbonyl (C=O) groups excluding carboxylic acids is 2. The van der Waals surface area contributed by atoms with Gasteiger partial charge in [-0.3, -0.25) is 9.59 Å². The molecule has 0 spiro atoms. The van der Waals surface area contributed by atoms with Gasteiger partial charge in [-0.2, -0.15) is 0 Å². The Morgan fingerprint density at radius 2 is 1.64 bits per heavy atom. The van der Waals surface area contributed by atoms with E-state index in [0.717, 1.165) is 68.1 Å². The number of aliphatic hydroxyl groups excluding tert-OH is 2. The molecule has 2 aromatic rings. The molecule has 10 nitrogen and oxygen atoms in total. The average Bonchev–Trinajstić information content (AvgIpc) is 3.25. The first-order valence-corrected chi connectivity index (χ1v) is 22.5. The van der Waals surface area contributed by atoms with Crippen molar-refractivity contribution in [2.45, 2.75) is 141 Å². The Labute approximate surface area is 353 Å². The van der Waals surface area contributed by atoms with Crippen LogP contribution in [0.1, 0.15) is 145 Å². The first kappa shape index (κ1) is 46.1. The highest BCUT2D eigenvalue weighted by atomic mass is 16.7. The Hall–Kier alpha value is -3.99. The quantitative estimate of drug-likeness (QED) is 0.0395. The van der Waals surface area contributed by atoms with E-state index in [2.05, 4.69) is 25.6 Å². The second kappa shape index (κ2) is 23.7. The number of ether oxygens (including phenoxy) is 3. The van der Waals surface area contributed by atoms with Crippen LogP contribution in [-0.4, -0.2) is 78.3 Å². The fourth-order valence-electron chi connectivity index (χ4n) is 9.66. The zero-order valence-electron chi connectivity index (χ0n) is 36.0. The molecule has 0 aromatic heterocycles. The molecule has 10 heteroatoms. The lowest BCUT2D eigenvalue weighted by Gasteiger charge is -2.59. The van der Waals surface area contributed by atoms with E-state index in [1.165, 1.54) is 38.5 Å². The third-order valence-corrected chi connectivity index (χ3v) is 12.5. The van der Waals surface area contributed by atoms with Gasteiger partial charge in [0.2, 0.25) is 11.7 Å². The molecule has 59 heavy (non-hydrogen) atoms. The van der Waals surface area contributed by atoms with Crippen molar-refractivity contribution < 1.29 is 38.9 Å². The largest absolute Gasteiger partial charge is 0.459 e. The lowest BCUT2D eigenvalue weighted by Crippen LogP contribution is -2.69. The fraction of sp³-hybridized carbons (Fsp3) is 0.612. The van der Waals surface area contributed by atoms with E-state index in [1.54, 1.807) is 24.3 Å². The minimum absolute atomic E-state index is 0.0483. The lowest BCUT2D eigenvalue weighted by atomic mass is 9.55. The summed E-state index contributed by atoms with van der Waals surface area (Å²) >= 11 is 0. The van der Waals surface area contributed by atoms with Gasteiger partial charge in [0.15, 0.2) is 0 Å². The number of rotatable bonds is 27. The Morgan fingerprint density at radius 3 is 2.34 bits per heavy atom. The number of oxime groups is 1. The molecule has 0 bridgehead atoms. The molecule has 1 amide bonds. The van der Waals surface area contributed by atoms with Gasteiger partial charge in [-0.05, 0) is 86.8 Å². The number of likely N-dealkylation sites (N-methyl/N-ethyl adjacent to an activating group) is 1. The standard InChI is InChI=1S/C49H70N2O8/c1-5-8-9-10-11-12-13-14-15-25-46(55)51(4)45-34-43(50-57-7-3)41-32-37(22-16-18-28-52)40(24-17-19-29-53)47-42-33-39(58-38-23-20-21-36(31-38)35-54)26-27-44(42)59-49(45,48(41)47)56-30-6-2/h6,20-21,23,26-27,31-33,35,37,40,45,47-48,52-53H,2,5,7-19,22,24-25,28-30,34H2,1,3-4H3. The van der Waals surface area contributed by atoms with Crippen molar-refractivity contribution in [1.82, 2.24) is 4.90 Å². The predicted molar refractivity (Wildman–Crippen MR) is 233 cm³/mol. The first-order valence-electron chi connectivity index (χ1n) is 22.5. The maximum Gasteiger partial charge on any atom is 0.239 e. The first-order chi connectivity index (χ1) is 28.8. The number of benzene rings is 2. The summed E-state index contributed by atoms with van der Waals surface area (Å²) in [5, 5.41) is 24.5. The number of unbranched alkanes of at least 4 members (excludes halogenated alkanes) is 10. The molecular weight excluding hydrogens is 745 g/mol. The number of fused-ring (bicyclic) bond motifs is 2. The van der Waals surface area contributed by atoms with Gasteiger partial charge < -0.3 is 34.2 Å². The highest BCUT2D eigenvalue weighted by Crippen LogP contribution is 2.62. The minimum Gasteiger partial charge on any atom is -0.459 e. The number of hydrogen-bond donors (Lipinski definition) is 2. The second-order valence-electron chi connectivity index (χ2n) is 16.6. The summed E-state index contributed by atoms with van der Waals surface area (Å²) in [7, 11) is 1.88. The molecule has 3 aliphatic rings. The van der Waals surface area contributed by atoms with Gasteiger partial charge in [0.25, 0.3) is 0 Å². The van der Waals surface area contributed by atoms with Crippen LogP contribution in [0.4, 0.5) is 0 Å². The summed E-state index contributed by atoms with van der Waals surface area (Å²) in [5.74, 6) is 0.304.